The third-order valence-electron chi connectivity index (χ3n) is 1.85. The van der Waals surface area contributed by atoms with Gasteiger partial charge in [0.25, 0.3) is 0 Å². The van der Waals surface area contributed by atoms with Crippen molar-refractivity contribution in [3.05, 3.63) is 29.8 Å². The van der Waals surface area contributed by atoms with Gasteiger partial charge in [-0.2, -0.15) is 0 Å². The minimum Gasteiger partial charge on any atom is -0.493 e. The van der Waals surface area contributed by atoms with Crippen molar-refractivity contribution in [2.75, 3.05) is 6.61 Å². The standard InChI is InChI=1S/C11H16O2/c1-4-13-10-8-6-5-7-9(10)11(2,3)12/h5-8,12H,4H2,1-3H3. The van der Waals surface area contributed by atoms with E-state index in [1.165, 1.54) is 0 Å². The van der Waals surface area contributed by atoms with Crippen LogP contribution in [0.5, 0.6) is 5.75 Å². The third-order valence-corrected chi connectivity index (χ3v) is 1.85. The highest BCUT2D eigenvalue weighted by molar-refractivity contribution is 5.37. The van der Waals surface area contributed by atoms with E-state index in [0.29, 0.717) is 6.61 Å². The van der Waals surface area contributed by atoms with Gasteiger partial charge in [-0.05, 0) is 26.8 Å². The molecule has 0 amide bonds. The number of aliphatic hydroxyl groups is 1. The largest absolute Gasteiger partial charge is 0.493 e. The molecular weight excluding hydrogens is 164 g/mol. The summed E-state index contributed by atoms with van der Waals surface area (Å²) in [6.45, 7) is 6.06. The van der Waals surface area contributed by atoms with Crippen molar-refractivity contribution in [1.82, 2.24) is 0 Å². The van der Waals surface area contributed by atoms with Crippen molar-refractivity contribution in [1.29, 1.82) is 0 Å². The predicted octanol–water partition coefficient (Wildman–Crippen LogP) is 2.31. The van der Waals surface area contributed by atoms with Gasteiger partial charge in [-0.3, -0.25) is 0 Å². The Bertz CT molecular complexity index is 274. The van der Waals surface area contributed by atoms with Crippen molar-refractivity contribution >= 4 is 0 Å². The van der Waals surface area contributed by atoms with Crippen LogP contribution in [0, 0.1) is 0 Å². The van der Waals surface area contributed by atoms with Crippen LogP contribution in [0.3, 0.4) is 0 Å². The van der Waals surface area contributed by atoms with Gasteiger partial charge in [0.2, 0.25) is 0 Å². The molecule has 1 aromatic carbocycles. The molecule has 0 heterocycles. The zero-order valence-electron chi connectivity index (χ0n) is 8.37. The summed E-state index contributed by atoms with van der Waals surface area (Å²) in [5, 5.41) is 9.82. The van der Waals surface area contributed by atoms with Crippen LogP contribution >= 0.6 is 0 Å². The van der Waals surface area contributed by atoms with E-state index in [9.17, 15) is 5.11 Å². The second kappa shape index (κ2) is 3.79. The van der Waals surface area contributed by atoms with E-state index in [0.717, 1.165) is 11.3 Å². The first-order valence-corrected chi connectivity index (χ1v) is 4.50. The molecule has 0 aliphatic heterocycles. The van der Waals surface area contributed by atoms with E-state index in [2.05, 4.69) is 0 Å². The molecule has 72 valence electrons. The average molecular weight is 180 g/mol. The lowest BCUT2D eigenvalue weighted by Crippen LogP contribution is -2.16. The molecule has 0 saturated carbocycles. The first kappa shape index (κ1) is 10.1. The lowest BCUT2D eigenvalue weighted by molar-refractivity contribution is 0.0749. The molecule has 0 spiro atoms. The van der Waals surface area contributed by atoms with Crippen LogP contribution in [0.4, 0.5) is 0 Å². The van der Waals surface area contributed by atoms with E-state index in [1.807, 2.05) is 31.2 Å². The molecule has 13 heavy (non-hydrogen) atoms. The topological polar surface area (TPSA) is 29.5 Å². The van der Waals surface area contributed by atoms with E-state index < -0.39 is 5.60 Å². The number of para-hydroxylation sites is 1. The zero-order chi connectivity index (χ0) is 9.90. The maximum atomic E-state index is 9.82. The van der Waals surface area contributed by atoms with Gasteiger partial charge in [0.05, 0.1) is 12.2 Å². The maximum absolute atomic E-state index is 9.82. The first-order valence-electron chi connectivity index (χ1n) is 4.50. The predicted molar refractivity (Wildman–Crippen MR) is 52.9 cm³/mol. The molecule has 0 radical (unpaired) electrons. The summed E-state index contributed by atoms with van der Waals surface area (Å²) in [4.78, 5) is 0. The number of benzene rings is 1. The van der Waals surface area contributed by atoms with Crippen LogP contribution in [0.15, 0.2) is 24.3 Å². The van der Waals surface area contributed by atoms with E-state index in [-0.39, 0.29) is 0 Å². The minimum absolute atomic E-state index is 0.618. The molecule has 0 aliphatic carbocycles. The van der Waals surface area contributed by atoms with E-state index >= 15 is 0 Å². The molecule has 0 saturated heterocycles. The molecule has 0 fully saturated rings. The molecule has 1 aromatic rings. The van der Waals surface area contributed by atoms with E-state index in [4.69, 9.17) is 4.74 Å². The fourth-order valence-corrected chi connectivity index (χ4v) is 1.25. The number of hydrogen-bond acceptors (Lipinski definition) is 2. The van der Waals surface area contributed by atoms with Crippen LogP contribution < -0.4 is 4.74 Å². The molecule has 0 unspecified atom stereocenters. The SMILES string of the molecule is CCOc1ccccc1C(C)(C)O. The Morgan fingerprint density at radius 3 is 2.46 bits per heavy atom. The summed E-state index contributed by atoms with van der Waals surface area (Å²) < 4.78 is 5.40. The van der Waals surface area contributed by atoms with Crippen molar-refractivity contribution in [2.45, 2.75) is 26.4 Å². The zero-order valence-corrected chi connectivity index (χ0v) is 8.37. The Hall–Kier alpha value is -1.02. The minimum atomic E-state index is -0.842. The van der Waals surface area contributed by atoms with Gasteiger partial charge >= 0.3 is 0 Å². The highest BCUT2D eigenvalue weighted by atomic mass is 16.5. The molecule has 2 nitrogen and oxygen atoms in total. The Balaban J connectivity index is 3.05. The van der Waals surface area contributed by atoms with Gasteiger partial charge in [-0.1, -0.05) is 18.2 Å². The second-order valence-corrected chi connectivity index (χ2v) is 3.49. The lowest BCUT2D eigenvalue weighted by Gasteiger charge is -2.20. The summed E-state index contributed by atoms with van der Waals surface area (Å²) >= 11 is 0. The molecule has 1 rings (SSSR count). The van der Waals surface area contributed by atoms with Crippen molar-refractivity contribution in [3.63, 3.8) is 0 Å². The van der Waals surface area contributed by atoms with Crippen LogP contribution in [0.25, 0.3) is 0 Å². The lowest BCUT2D eigenvalue weighted by atomic mass is 9.97. The number of rotatable bonds is 3. The Kier molecular flexibility index (Phi) is 2.94. The molecule has 0 aliphatic rings. The van der Waals surface area contributed by atoms with Gasteiger partial charge in [-0.15, -0.1) is 0 Å². The summed E-state index contributed by atoms with van der Waals surface area (Å²) in [6.07, 6.45) is 0. The average Bonchev–Trinajstić information content (AvgIpc) is 2.04. The van der Waals surface area contributed by atoms with Crippen LogP contribution in [0.1, 0.15) is 26.3 Å². The van der Waals surface area contributed by atoms with Crippen LogP contribution in [0.2, 0.25) is 0 Å². The van der Waals surface area contributed by atoms with Crippen molar-refractivity contribution < 1.29 is 9.84 Å². The fourth-order valence-electron chi connectivity index (χ4n) is 1.25. The van der Waals surface area contributed by atoms with Crippen LogP contribution in [-0.2, 0) is 5.60 Å². The van der Waals surface area contributed by atoms with Gasteiger partial charge in [-0.25, -0.2) is 0 Å². The normalized spacial score (nSPS) is 11.4. The van der Waals surface area contributed by atoms with Crippen LogP contribution in [-0.4, -0.2) is 11.7 Å². The molecular formula is C11H16O2. The second-order valence-electron chi connectivity index (χ2n) is 3.49. The summed E-state index contributed by atoms with van der Waals surface area (Å²) in [5.74, 6) is 0.762. The number of hydrogen-bond donors (Lipinski definition) is 1. The van der Waals surface area contributed by atoms with Crippen molar-refractivity contribution in [3.8, 4) is 5.75 Å². The number of ether oxygens (including phenoxy) is 1. The van der Waals surface area contributed by atoms with Gasteiger partial charge in [0.15, 0.2) is 0 Å². The summed E-state index contributed by atoms with van der Waals surface area (Å²) in [7, 11) is 0. The highest BCUT2D eigenvalue weighted by Gasteiger charge is 2.19. The van der Waals surface area contributed by atoms with Gasteiger partial charge < -0.3 is 9.84 Å². The van der Waals surface area contributed by atoms with Gasteiger partial charge in [0, 0.05) is 5.56 Å². The van der Waals surface area contributed by atoms with E-state index in [1.54, 1.807) is 13.8 Å². The smallest absolute Gasteiger partial charge is 0.125 e. The molecule has 2 heteroatoms. The molecule has 1 N–H and O–H groups in total. The third kappa shape index (κ3) is 2.46. The maximum Gasteiger partial charge on any atom is 0.125 e. The summed E-state index contributed by atoms with van der Waals surface area (Å²) in [5.41, 5.74) is -0.0111. The first-order chi connectivity index (χ1) is 6.05. The van der Waals surface area contributed by atoms with Gasteiger partial charge in [0.1, 0.15) is 5.75 Å². The molecule has 0 atom stereocenters. The summed E-state index contributed by atoms with van der Waals surface area (Å²) in [6, 6.07) is 7.55. The Morgan fingerprint density at radius 1 is 1.31 bits per heavy atom. The van der Waals surface area contributed by atoms with Crippen molar-refractivity contribution in [2.24, 2.45) is 0 Å². The monoisotopic (exact) mass is 180 g/mol. The highest BCUT2D eigenvalue weighted by Crippen LogP contribution is 2.28. The molecule has 0 aromatic heterocycles. The molecule has 0 bridgehead atoms. The Morgan fingerprint density at radius 2 is 1.92 bits per heavy atom. The Labute approximate surface area is 79.2 Å². The quantitative estimate of drug-likeness (QED) is 0.773. The fraction of sp³-hybridized carbons (Fsp3) is 0.455.